The van der Waals surface area contributed by atoms with Crippen molar-refractivity contribution >= 4 is 29.4 Å². The van der Waals surface area contributed by atoms with Crippen molar-refractivity contribution in [1.82, 2.24) is 4.57 Å². The van der Waals surface area contributed by atoms with Gasteiger partial charge in [0.05, 0.1) is 41.1 Å². The maximum atomic E-state index is 13.7. The molecule has 1 unspecified atom stereocenters. The van der Waals surface area contributed by atoms with Gasteiger partial charge in [0.2, 0.25) is 0 Å². The Morgan fingerprint density at radius 1 is 1.10 bits per heavy atom. The average molecular weight is 545 g/mol. The van der Waals surface area contributed by atoms with E-state index in [-0.39, 0.29) is 17.7 Å². The number of fused-ring (bicyclic) bond motifs is 1. The number of nitrogens with zero attached hydrogens (tertiary/aromatic N) is 2. The Labute approximate surface area is 226 Å². The van der Waals surface area contributed by atoms with Gasteiger partial charge in [0.1, 0.15) is 17.3 Å². The molecule has 3 heterocycles. The Bertz CT molecular complexity index is 1770. The Hall–Kier alpha value is -4.70. The third-order valence-corrected chi connectivity index (χ3v) is 7.25. The van der Waals surface area contributed by atoms with Gasteiger partial charge in [-0.05, 0) is 55.8 Å². The van der Waals surface area contributed by atoms with Crippen molar-refractivity contribution in [2.45, 2.75) is 19.9 Å². The summed E-state index contributed by atoms with van der Waals surface area (Å²) < 4.78 is 18.4. The summed E-state index contributed by atoms with van der Waals surface area (Å²) in [5.74, 6) is 0.0861. The van der Waals surface area contributed by atoms with Gasteiger partial charge in [0, 0.05) is 11.6 Å². The summed E-state index contributed by atoms with van der Waals surface area (Å²) in [6.07, 6.45) is 1.63. The smallest absolute Gasteiger partial charge is 0.338 e. The van der Waals surface area contributed by atoms with Gasteiger partial charge >= 0.3 is 11.9 Å². The number of hydrogen-bond acceptors (Lipinski definition) is 8. The first kappa shape index (κ1) is 25.9. The molecule has 0 saturated carbocycles. The number of ether oxygens (including phenoxy) is 2. The van der Waals surface area contributed by atoms with E-state index in [4.69, 9.17) is 19.0 Å². The van der Waals surface area contributed by atoms with E-state index in [1.165, 1.54) is 28.0 Å². The number of methoxy groups -OCH3 is 1. The first-order chi connectivity index (χ1) is 18.8. The van der Waals surface area contributed by atoms with Crippen LogP contribution in [0, 0.1) is 0 Å². The van der Waals surface area contributed by atoms with E-state index in [1.807, 2.05) is 12.1 Å². The molecule has 10 heteroatoms. The van der Waals surface area contributed by atoms with Crippen LogP contribution in [0.25, 0.3) is 17.4 Å². The maximum absolute atomic E-state index is 13.7. The van der Waals surface area contributed by atoms with Crippen molar-refractivity contribution in [2.75, 3.05) is 13.7 Å². The minimum absolute atomic E-state index is 0.176. The molecule has 0 bridgehead atoms. The molecule has 1 atom stereocenters. The summed E-state index contributed by atoms with van der Waals surface area (Å²) in [7, 11) is 1.57. The van der Waals surface area contributed by atoms with Crippen LogP contribution in [-0.2, 0) is 9.53 Å². The van der Waals surface area contributed by atoms with Crippen molar-refractivity contribution < 1.29 is 28.6 Å². The maximum Gasteiger partial charge on any atom is 0.338 e. The molecule has 0 spiro atoms. The van der Waals surface area contributed by atoms with Gasteiger partial charge in [-0.25, -0.2) is 14.6 Å². The number of thiazole rings is 1. The fourth-order valence-electron chi connectivity index (χ4n) is 4.38. The second kappa shape index (κ2) is 10.6. The number of esters is 1. The molecule has 9 nitrogen and oxygen atoms in total. The van der Waals surface area contributed by atoms with Gasteiger partial charge in [-0.15, -0.1) is 0 Å². The molecule has 0 saturated heterocycles. The minimum atomic E-state index is -1.01. The van der Waals surface area contributed by atoms with E-state index < -0.39 is 18.0 Å². The van der Waals surface area contributed by atoms with Crippen molar-refractivity contribution in [3.05, 3.63) is 109 Å². The van der Waals surface area contributed by atoms with Crippen LogP contribution in [-0.4, -0.2) is 35.3 Å². The van der Waals surface area contributed by atoms with Crippen molar-refractivity contribution in [1.29, 1.82) is 0 Å². The minimum Gasteiger partial charge on any atom is -0.497 e. The number of rotatable bonds is 7. The number of benzene rings is 2. The van der Waals surface area contributed by atoms with Gasteiger partial charge in [-0.2, -0.15) is 0 Å². The van der Waals surface area contributed by atoms with E-state index in [1.54, 1.807) is 63.4 Å². The lowest BCUT2D eigenvalue weighted by Crippen LogP contribution is -2.39. The molecule has 2 aromatic heterocycles. The zero-order chi connectivity index (χ0) is 27.7. The number of hydrogen-bond donors (Lipinski definition) is 1. The first-order valence-electron chi connectivity index (χ1n) is 12.1. The second-order valence-corrected chi connectivity index (χ2v) is 9.67. The number of aromatic carboxylic acids is 1. The van der Waals surface area contributed by atoms with Crippen LogP contribution in [0.15, 0.2) is 86.1 Å². The topological polar surface area (TPSA) is 120 Å². The highest BCUT2D eigenvalue weighted by atomic mass is 32.1. The molecule has 0 fully saturated rings. The predicted molar refractivity (Wildman–Crippen MR) is 144 cm³/mol. The number of aromatic nitrogens is 1. The quantitative estimate of drug-likeness (QED) is 0.352. The summed E-state index contributed by atoms with van der Waals surface area (Å²) in [6, 6.07) is 16.3. The fourth-order valence-corrected chi connectivity index (χ4v) is 5.41. The molecule has 2 aromatic carbocycles. The van der Waals surface area contributed by atoms with Crippen molar-refractivity contribution in [3.63, 3.8) is 0 Å². The molecule has 1 N–H and O–H groups in total. The Balaban J connectivity index is 1.59. The molecule has 1 aliphatic rings. The molecule has 5 rings (SSSR count). The van der Waals surface area contributed by atoms with Crippen LogP contribution in [0.4, 0.5) is 0 Å². The third-order valence-electron chi connectivity index (χ3n) is 6.27. The summed E-state index contributed by atoms with van der Waals surface area (Å²) in [4.78, 5) is 42.9. The zero-order valence-electron chi connectivity index (χ0n) is 21.3. The molecular weight excluding hydrogens is 520 g/mol. The number of carbonyl (C=O) groups is 2. The van der Waals surface area contributed by atoms with E-state index >= 15 is 0 Å². The van der Waals surface area contributed by atoms with Crippen molar-refractivity contribution in [2.24, 2.45) is 4.99 Å². The van der Waals surface area contributed by atoms with Crippen LogP contribution in [0.1, 0.15) is 41.6 Å². The van der Waals surface area contributed by atoms with Gasteiger partial charge in [-0.1, -0.05) is 35.6 Å². The van der Waals surface area contributed by atoms with E-state index in [0.29, 0.717) is 49.0 Å². The molecule has 0 amide bonds. The SMILES string of the molecule is CCOC(=O)C1=C(C)N=c2s/c(=C/c3ccc(-c4ccc(C(=O)O)cc4)o3)c(=O)n2C1c1ccc(OC)cc1. The van der Waals surface area contributed by atoms with Gasteiger partial charge in [0.15, 0.2) is 4.80 Å². The monoisotopic (exact) mass is 544 g/mol. The van der Waals surface area contributed by atoms with Gasteiger partial charge in [-0.3, -0.25) is 9.36 Å². The molecule has 0 radical (unpaired) electrons. The highest BCUT2D eigenvalue weighted by molar-refractivity contribution is 7.07. The Morgan fingerprint density at radius 2 is 1.82 bits per heavy atom. The van der Waals surface area contributed by atoms with Crippen LogP contribution < -0.4 is 19.6 Å². The summed E-state index contributed by atoms with van der Waals surface area (Å²) >= 11 is 1.20. The summed E-state index contributed by atoms with van der Waals surface area (Å²) in [5.41, 5.74) is 2.05. The Morgan fingerprint density at radius 3 is 2.46 bits per heavy atom. The highest BCUT2D eigenvalue weighted by Crippen LogP contribution is 2.31. The lowest BCUT2D eigenvalue weighted by atomic mass is 9.96. The summed E-state index contributed by atoms with van der Waals surface area (Å²) in [5, 5.41) is 9.11. The highest BCUT2D eigenvalue weighted by Gasteiger charge is 2.33. The van der Waals surface area contributed by atoms with E-state index in [2.05, 4.69) is 4.99 Å². The van der Waals surface area contributed by atoms with Crippen molar-refractivity contribution in [3.8, 4) is 17.1 Å². The normalized spacial score (nSPS) is 15.1. The lowest BCUT2D eigenvalue weighted by Gasteiger charge is -2.24. The zero-order valence-corrected chi connectivity index (χ0v) is 22.2. The molecule has 0 aliphatic carbocycles. The number of allylic oxidation sites excluding steroid dienone is 1. The van der Waals surface area contributed by atoms with Crippen LogP contribution in [0.5, 0.6) is 5.75 Å². The number of carboxylic acid groups (broad SMARTS) is 1. The van der Waals surface area contributed by atoms with E-state index in [0.717, 1.165) is 0 Å². The molecule has 1 aliphatic heterocycles. The standard InChI is InChI=1S/C29H24N2O7S/c1-4-37-28(35)24-16(2)30-29-31(25(24)18-9-11-20(36-3)12-10-18)26(32)23(39-29)15-21-13-14-22(38-21)17-5-7-19(8-6-17)27(33)34/h5-15,25H,4H2,1-3H3,(H,33,34)/b23-15+. The van der Waals surface area contributed by atoms with Gasteiger partial charge < -0.3 is 19.0 Å². The lowest BCUT2D eigenvalue weighted by molar-refractivity contribution is -0.139. The van der Waals surface area contributed by atoms with Gasteiger partial charge in [0.25, 0.3) is 5.56 Å². The second-order valence-electron chi connectivity index (χ2n) is 8.66. The number of furan rings is 1. The molecule has 39 heavy (non-hydrogen) atoms. The number of carbonyl (C=O) groups excluding carboxylic acids is 1. The fraction of sp³-hybridized carbons (Fsp3) is 0.172. The molecule has 198 valence electrons. The number of carboxylic acids is 1. The van der Waals surface area contributed by atoms with Crippen LogP contribution in [0.3, 0.4) is 0 Å². The van der Waals surface area contributed by atoms with Crippen LogP contribution >= 0.6 is 11.3 Å². The third kappa shape index (κ3) is 4.94. The molecular formula is C29H24N2O7S. The first-order valence-corrected chi connectivity index (χ1v) is 12.9. The predicted octanol–water partition coefficient (Wildman–Crippen LogP) is 3.77. The summed E-state index contributed by atoms with van der Waals surface area (Å²) in [6.45, 7) is 3.65. The average Bonchev–Trinajstić information content (AvgIpc) is 3.52. The molecule has 4 aromatic rings. The Kier molecular flexibility index (Phi) is 7.03. The largest absolute Gasteiger partial charge is 0.497 e. The van der Waals surface area contributed by atoms with Crippen LogP contribution in [0.2, 0.25) is 0 Å². The van der Waals surface area contributed by atoms with E-state index in [9.17, 15) is 14.4 Å².